The van der Waals surface area contributed by atoms with E-state index in [0.717, 1.165) is 16.7 Å². The first-order valence-corrected chi connectivity index (χ1v) is 14.4. The Morgan fingerprint density at radius 3 is 2.09 bits per heavy atom. The van der Waals surface area contributed by atoms with Gasteiger partial charge in [0.25, 0.3) is 5.56 Å². The molecule has 1 amide bonds. The van der Waals surface area contributed by atoms with Crippen LogP contribution in [0.3, 0.4) is 0 Å². The number of nitrogens with one attached hydrogen (secondary N) is 3. The maximum atomic E-state index is 12.7. The molecule has 0 unspecified atom stereocenters. The van der Waals surface area contributed by atoms with Gasteiger partial charge in [-0.2, -0.15) is 4.98 Å². The van der Waals surface area contributed by atoms with Crippen molar-refractivity contribution < 1.29 is 14.6 Å². The Balaban J connectivity index is 1.31. The summed E-state index contributed by atoms with van der Waals surface area (Å²) in [6.07, 6.45) is -0.225. The lowest BCUT2D eigenvalue weighted by atomic mass is 9.77. The van der Waals surface area contributed by atoms with Gasteiger partial charge in [0, 0.05) is 18.9 Å². The first-order valence-electron chi connectivity index (χ1n) is 14.4. The number of amides is 1. The van der Waals surface area contributed by atoms with E-state index in [1.165, 1.54) is 6.33 Å². The molecule has 0 saturated carbocycles. The molecular weight excluding hydrogens is 544 g/mol. The van der Waals surface area contributed by atoms with E-state index in [0.29, 0.717) is 6.54 Å². The van der Waals surface area contributed by atoms with Crippen LogP contribution in [0.4, 0.5) is 5.95 Å². The molecule has 10 heteroatoms. The molecule has 0 spiro atoms. The molecule has 1 aliphatic rings. The van der Waals surface area contributed by atoms with Crippen molar-refractivity contribution in [2.45, 2.75) is 44.2 Å². The summed E-state index contributed by atoms with van der Waals surface area (Å²) in [5.41, 5.74) is 2.35. The minimum absolute atomic E-state index is 0.0353. The number of aromatic amines is 1. The Kier molecular flexibility index (Phi) is 7.90. The maximum absolute atomic E-state index is 12.7. The number of imidazole rings is 1. The van der Waals surface area contributed by atoms with Crippen molar-refractivity contribution in [3.8, 4) is 0 Å². The highest BCUT2D eigenvalue weighted by Gasteiger charge is 2.40. The monoisotopic (exact) mass is 578 g/mol. The van der Waals surface area contributed by atoms with Gasteiger partial charge in [0.05, 0.1) is 24.1 Å². The summed E-state index contributed by atoms with van der Waals surface area (Å²) in [7, 11) is 0. The fourth-order valence-electron chi connectivity index (χ4n) is 5.65. The van der Waals surface area contributed by atoms with Crippen LogP contribution < -0.4 is 16.2 Å². The molecular formula is C33H34N6O4. The van der Waals surface area contributed by atoms with Crippen LogP contribution in [0, 0.1) is 5.92 Å². The largest absolute Gasteiger partial charge is 0.390 e. The summed E-state index contributed by atoms with van der Waals surface area (Å²) in [6.45, 7) is 3.83. The zero-order valence-electron chi connectivity index (χ0n) is 24.0. The number of fused-ring (bicyclic) bond motifs is 1. The average molecular weight is 579 g/mol. The van der Waals surface area contributed by atoms with E-state index < -0.39 is 29.5 Å². The second-order valence-electron chi connectivity index (χ2n) is 11.0. The highest BCUT2D eigenvalue weighted by molar-refractivity contribution is 5.91. The average Bonchev–Trinajstić information content (AvgIpc) is 3.62. The number of nitrogens with zero attached hydrogens (tertiary/aromatic N) is 3. The van der Waals surface area contributed by atoms with Gasteiger partial charge in [0.2, 0.25) is 11.9 Å². The fraction of sp³-hybridized carbons (Fsp3) is 0.273. The number of carbonyl (C=O) groups is 1. The van der Waals surface area contributed by atoms with Crippen LogP contribution in [0.2, 0.25) is 0 Å². The van der Waals surface area contributed by atoms with E-state index in [1.807, 2.05) is 54.6 Å². The zero-order valence-corrected chi connectivity index (χ0v) is 24.0. The third kappa shape index (κ3) is 5.48. The van der Waals surface area contributed by atoms with Gasteiger partial charge in [-0.3, -0.25) is 29.8 Å². The van der Waals surface area contributed by atoms with Crippen molar-refractivity contribution in [1.82, 2.24) is 24.8 Å². The number of anilines is 1. The standard InChI is InChI=1S/C33H34N6O4/c1-21(2)30(41)37-32-36-29-28(31(42)38-32)34-20-39(29)27-18-25(40)26(43-27)19-35-33(22-12-6-3-7-13-22,23-14-8-4-9-15-23)24-16-10-5-11-17-24/h3-17,20-21,25-27,35,40H,18-19H2,1-2H3,(H2,36,37,38,41,42)/t25-,26+,27+/m0/s1. The van der Waals surface area contributed by atoms with Gasteiger partial charge in [-0.25, -0.2) is 4.98 Å². The van der Waals surface area contributed by atoms with Crippen molar-refractivity contribution in [2.24, 2.45) is 5.92 Å². The van der Waals surface area contributed by atoms with Gasteiger partial charge in [-0.15, -0.1) is 0 Å². The molecule has 1 saturated heterocycles. The Morgan fingerprint density at radius 2 is 1.56 bits per heavy atom. The van der Waals surface area contributed by atoms with Gasteiger partial charge in [-0.05, 0) is 16.7 Å². The third-order valence-corrected chi connectivity index (χ3v) is 7.90. The molecule has 1 aliphatic heterocycles. The summed E-state index contributed by atoms with van der Waals surface area (Å²) >= 11 is 0. The number of aliphatic hydroxyl groups is 1. The van der Waals surface area contributed by atoms with E-state index in [1.54, 1.807) is 18.4 Å². The lowest BCUT2D eigenvalue weighted by molar-refractivity contribution is -0.118. The minimum Gasteiger partial charge on any atom is -0.390 e. The number of hydrogen-bond acceptors (Lipinski definition) is 7. The molecule has 3 heterocycles. The molecule has 1 fully saturated rings. The van der Waals surface area contributed by atoms with E-state index >= 15 is 0 Å². The highest BCUT2D eigenvalue weighted by Crippen LogP contribution is 2.38. The second-order valence-corrected chi connectivity index (χ2v) is 11.0. The number of rotatable bonds is 9. The number of H-pyrrole nitrogens is 1. The van der Waals surface area contributed by atoms with Crippen LogP contribution in [0.25, 0.3) is 11.2 Å². The van der Waals surface area contributed by atoms with Crippen molar-refractivity contribution in [1.29, 1.82) is 0 Å². The Labute approximate surface area is 248 Å². The summed E-state index contributed by atoms with van der Waals surface area (Å²) in [5, 5.41) is 17.6. The van der Waals surface area contributed by atoms with Gasteiger partial charge < -0.3 is 9.84 Å². The summed E-state index contributed by atoms with van der Waals surface area (Å²) < 4.78 is 8.04. The van der Waals surface area contributed by atoms with Gasteiger partial charge >= 0.3 is 0 Å². The van der Waals surface area contributed by atoms with Gasteiger partial charge in [0.1, 0.15) is 6.23 Å². The predicted molar refractivity (Wildman–Crippen MR) is 163 cm³/mol. The molecule has 4 N–H and O–H groups in total. The lowest BCUT2D eigenvalue weighted by Gasteiger charge is -2.38. The second kappa shape index (κ2) is 11.9. The molecule has 3 atom stereocenters. The lowest BCUT2D eigenvalue weighted by Crippen LogP contribution is -2.49. The molecule has 2 aromatic heterocycles. The minimum atomic E-state index is -0.794. The van der Waals surface area contributed by atoms with Crippen molar-refractivity contribution in [3.05, 3.63) is 124 Å². The van der Waals surface area contributed by atoms with Crippen molar-refractivity contribution in [3.63, 3.8) is 0 Å². The SMILES string of the molecule is CC(C)C(=O)Nc1nc2c(ncn2[C@H]2C[C@H](O)[C@@H](CNC(c3ccccc3)(c3ccccc3)c3ccccc3)O2)c(=O)[nH]1. The van der Waals surface area contributed by atoms with Gasteiger partial charge in [-0.1, -0.05) is 105 Å². The Hall–Kier alpha value is -4.64. The van der Waals surface area contributed by atoms with Crippen LogP contribution in [0.5, 0.6) is 0 Å². The van der Waals surface area contributed by atoms with Crippen LogP contribution in [0.1, 0.15) is 43.2 Å². The summed E-state index contributed by atoms with van der Waals surface area (Å²) in [5.74, 6) is -0.527. The molecule has 0 bridgehead atoms. The van der Waals surface area contributed by atoms with E-state index in [2.05, 4.69) is 62.0 Å². The number of aromatic nitrogens is 4. The quantitative estimate of drug-likeness (QED) is 0.195. The topological polar surface area (TPSA) is 134 Å². The summed E-state index contributed by atoms with van der Waals surface area (Å²) in [6, 6.07) is 30.7. The molecule has 10 nitrogen and oxygen atoms in total. The first-order chi connectivity index (χ1) is 20.9. The van der Waals surface area contributed by atoms with Crippen molar-refractivity contribution in [2.75, 3.05) is 11.9 Å². The molecule has 0 aliphatic carbocycles. The summed E-state index contributed by atoms with van der Waals surface area (Å²) in [4.78, 5) is 36.2. The zero-order chi connectivity index (χ0) is 30.0. The third-order valence-electron chi connectivity index (χ3n) is 7.90. The smallest absolute Gasteiger partial charge is 0.280 e. The van der Waals surface area contributed by atoms with Crippen molar-refractivity contribution >= 4 is 23.0 Å². The van der Waals surface area contributed by atoms with Crippen LogP contribution in [0.15, 0.2) is 102 Å². The number of ether oxygens (including phenoxy) is 1. The molecule has 5 aromatic rings. The number of carbonyl (C=O) groups excluding carboxylic acids is 1. The van der Waals surface area contributed by atoms with Gasteiger partial charge in [0.15, 0.2) is 11.2 Å². The first kappa shape index (κ1) is 28.5. The van der Waals surface area contributed by atoms with E-state index in [-0.39, 0.29) is 35.4 Å². The molecule has 43 heavy (non-hydrogen) atoms. The maximum Gasteiger partial charge on any atom is 0.280 e. The molecule has 3 aromatic carbocycles. The van der Waals surface area contributed by atoms with E-state index in [9.17, 15) is 14.7 Å². The fourth-order valence-corrected chi connectivity index (χ4v) is 5.65. The Morgan fingerprint density at radius 1 is 1.00 bits per heavy atom. The van der Waals surface area contributed by atoms with E-state index in [4.69, 9.17) is 4.74 Å². The number of hydrogen-bond donors (Lipinski definition) is 4. The molecule has 6 rings (SSSR count). The van der Waals surface area contributed by atoms with Crippen LogP contribution >= 0.6 is 0 Å². The molecule has 0 radical (unpaired) electrons. The van der Waals surface area contributed by atoms with Crippen LogP contribution in [-0.2, 0) is 15.1 Å². The predicted octanol–water partition coefficient (Wildman–Crippen LogP) is 3.94. The normalized spacial score (nSPS) is 18.7. The highest BCUT2D eigenvalue weighted by atomic mass is 16.5. The van der Waals surface area contributed by atoms with Crippen LogP contribution in [-0.4, -0.2) is 49.3 Å². The number of benzene rings is 3. The number of aliphatic hydroxyl groups excluding tert-OH is 1. The molecule has 220 valence electrons. The Bertz CT molecular complexity index is 1660.